The van der Waals surface area contributed by atoms with Crippen LogP contribution in [0.5, 0.6) is 0 Å². The zero-order valence-corrected chi connectivity index (χ0v) is 15.2. The highest BCUT2D eigenvalue weighted by Crippen LogP contribution is 2.08. The van der Waals surface area contributed by atoms with Crippen molar-refractivity contribution >= 4 is 0 Å². The van der Waals surface area contributed by atoms with Gasteiger partial charge in [0.15, 0.2) is 3.93 Å². The predicted octanol–water partition coefficient (Wildman–Crippen LogP) is 2.75. The van der Waals surface area contributed by atoms with E-state index in [2.05, 4.69) is 48.0 Å². The van der Waals surface area contributed by atoms with Gasteiger partial charge >= 0.3 is 21.2 Å². The van der Waals surface area contributed by atoms with Crippen LogP contribution in [0.3, 0.4) is 0 Å². The van der Waals surface area contributed by atoms with Gasteiger partial charge in [0.1, 0.15) is 0 Å². The molecule has 1 aromatic carbocycles. The number of rotatable bonds is 9. The summed E-state index contributed by atoms with van der Waals surface area (Å²) in [6, 6.07) is 8.84. The average Bonchev–Trinajstić information content (AvgIpc) is 2.47. The number of hydrogen-bond acceptors (Lipinski definition) is 0. The number of aryl methyl sites for hydroxylation is 1. The summed E-state index contributed by atoms with van der Waals surface area (Å²) < 4.78 is 4.84. The summed E-state index contributed by atoms with van der Waals surface area (Å²) in [5.41, 5.74) is 1.34. The van der Waals surface area contributed by atoms with E-state index in [0.29, 0.717) is 0 Å². The third kappa shape index (κ3) is 9.42. The van der Waals surface area contributed by atoms with Crippen LogP contribution in [0, 0.1) is 20.3 Å². The van der Waals surface area contributed by atoms with Crippen molar-refractivity contribution < 1.29 is 21.2 Å². The number of unbranched alkanes of at least 4 members (excludes halogenated alkanes) is 8. The first-order chi connectivity index (χ1) is 9.83. The summed E-state index contributed by atoms with van der Waals surface area (Å²) in [6.07, 6.45) is 12.2. The Morgan fingerprint density at radius 2 is 1.45 bits per heavy atom. The van der Waals surface area contributed by atoms with E-state index in [0.717, 1.165) is 6.42 Å². The lowest BCUT2D eigenvalue weighted by Crippen LogP contribution is -3.59. The van der Waals surface area contributed by atoms with Gasteiger partial charge in [0.25, 0.3) is 0 Å². The van der Waals surface area contributed by atoms with Crippen molar-refractivity contribution in [2.24, 2.45) is 0 Å². The summed E-state index contributed by atoms with van der Waals surface area (Å²) in [6.45, 7) is 4.41. The molecule has 0 heterocycles. The Morgan fingerprint density at radius 3 is 2.10 bits per heavy atom. The van der Waals surface area contributed by atoms with Crippen LogP contribution in [-0.2, 0) is 0 Å². The fraction of sp³-hybridized carbons (Fsp3) is 0.579. The van der Waals surface area contributed by atoms with E-state index in [1.54, 1.807) is 0 Å². The standard InChI is InChI=1S/C19H28I/c1-3-4-5-6-7-8-9-10-11-12-17-20-19-15-13-18(2)14-16-19/h13-16H,3-11H2,1-2H3/q+1. The van der Waals surface area contributed by atoms with Crippen LogP contribution in [0.2, 0.25) is 0 Å². The molecule has 0 bridgehead atoms. The fourth-order valence-corrected chi connectivity index (χ4v) is 3.57. The first kappa shape index (κ1) is 17.6. The topological polar surface area (TPSA) is 0 Å². The van der Waals surface area contributed by atoms with Gasteiger partial charge in [0.2, 0.25) is 3.57 Å². The Morgan fingerprint density at radius 1 is 0.850 bits per heavy atom. The van der Waals surface area contributed by atoms with Gasteiger partial charge in [-0.15, -0.1) is 0 Å². The molecule has 0 N–H and O–H groups in total. The normalized spacial score (nSPS) is 10.1. The van der Waals surface area contributed by atoms with Crippen LogP contribution in [-0.4, -0.2) is 0 Å². The van der Waals surface area contributed by atoms with Crippen LogP contribution >= 0.6 is 0 Å². The highest BCUT2D eigenvalue weighted by molar-refractivity contribution is 5.12. The van der Waals surface area contributed by atoms with Crippen molar-refractivity contribution in [3.8, 4) is 9.85 Å². The van der Waals surface area contributed by atoms with Crippen molar-refractivity contribution in [1.82, 2.24) is 0 Å². The van der Waals surface area contributed by atoms with Gasteiger partial charge in [-0.05, 0) is 31.4 Å². The van der Waals surface area contributed by atoms with E-state index in [-0.39, 0.29) is 21.2 Å². The van der Waals surface area contributed by atoms with E-state index < -0.39 is 0 Å². The summed E-state index contributed by atoms with van der Waals surface area (Å²) >= 11 is -0.0837. The Kier molecular flexibility index (Phi) is 10.8. The highest BCUT2D eigenvalue weighted by Gasteiger charge is 2.06. The van der Waals surface area contributed by atoms with Crippen LogP contribution in [0.1, 0.15) is 70.3 Å². The van der Waals surface area contributed by atoms with Crippen LogP contribution in [0.15, 0.2) is 24.3 Å². The zero-order chi connectivity index (χ0) is 14.5. The molecule has 0 unspecified atom stereocenters. The van der Waals surface area contributed by atoms with Gasteiger partial charge in [-0.3, -0.25) is 0 Å². The Labute approximate surface area is 136 Å². The predicted molar refractivity (Wildman–Crippen MR) is 84.9 cm³/mol. The van der Waals surface area contributed by atoms with Crippen molar-refractivity contribution in [3.05, 3.63) is 33.4 Å². The van der Waals surface area contributed by atoms with Crippen LogP contribution in [0.4, 0.5) is 0 Å². The summed E-state index contributed by atoms with van der Waals surface area (Å²) in [5.74, 6) is 3.36. The molecule has 1 rings (SSSR count). The van der Waals surface area contributed by atoms with E-state index in [9.17, 15) is 0 Å². The van der Waals surface area contributed by atoms with Gasteiger partial charge < -0.3 is 0 Å². The number of benzene rings is 1. The van der Waals surface area contributed by atoms with E-state index in [1.807, 2.05) is 0 Å². The van der Waals surface area contributed by atoms with Gasteiger partial charge in [-0.2, -0.15) is 0 Å². The molecule has 0 fully saturated rings. The Bertz CT molecular complexity index is 394. The third-order valence-electron chi connectivity index (χ3n) is 3.39. The number of halogens is 1. The molecule has 110 valence electrons. The molecule has 0 aliphatic carbocycles. The second kappa shape index (κ2) is 12.3. The highest BCUT2D eigenvalue weighted by atomic mass is 127. The van der Waals surface area contributed by atoms with Gasteiger partial charge in [-0.1, -0.05) is 69.6 Å². The Balaban J connectivity index is 1.96. The monoisotopic (exact) mass is 383 g/mol. The van der Waals surface area contributed by atoms with Crippen LogP contribution < -0.4 is 21.2 Å². The first-order valence-electron chi connectivity index (χ1n) is 8.01. The zero-order valence-electron chi connectivity index (χ0n) is 13.1. The lowest BCUT2D eigenvalue weighted by Gasteiger charge is -1.98. The maximum atomic E-state index is 3.40. The van der Waals surface area contributed by atoms with E-state index in [1.165, 1.54) is 60.5 Å². The molecule has 20 heavy (non-hydrogen) atoms. The first-order valence-corrected chi connectivity index (χ1v) is 10.2. The van der Waals surface area contributed by atoms with Gasteiger partial charge in [0.05, 0.1) is 0 Å². The smallest absolute Gasteiger partial charge is 0.0654 e. The second-order valence-corrected chi connectivity index (χ2v) is 7.71. The van der Waals surface area contributed by atoms with Crippen molar-refractivity contribution in [2.45, 2.75) is 71.6 Å². The minimum Gasteiger partial charge on any atom is -0.0654 e. The SMILES string of the molecule is CCCCCCCCCCC#C[I+]c1ccc(C)cc1. The van der Waals surface area contributed by atoms with E-state index >= 15 is 0 Å². The molecule has 0 radical (unpaired) electrons. The molecule has 0 saturated heterocycles. The molecule has 0 saturated carbocycles. The quantitative estimate of drug-likeness (QED) is 0.350. The maximum Gasteiger partial charge on any atom is 0.419 e. The molecule has 0 amide bonds. The average molecular weight is 383 g/mol. The van der Waals surface area contributed by atoms with Crippen molar-refractivity contribution in [2.75, 3.05) is 0 Å². The van der Waals surface area contributed by atoms with Crippen molar-refractivity contribution in [1.29, 1.82) is 0 Å². The maximum absolute atomic E-state index is 3.40. The Hall–Kier alpha value is -0.490. The molecular formula is C19H28I+. The van der Waals surface area contributed by atoms with Gasteiger partial charge in [0, 0.05) is 6.42 Å². The molecule has 0 aromatic heterocycles. The molecule has 1 aromatic rings. The van der Waals surface area contributed by atoms with E-state index in [4.69, 9.17) is 0 Å². The van der Waals surface area contributed by atoms with Crippen molar-refractivity contribution in [3.63, 3.8) is 0 Å². The summed E-state index contributed by atoms with van der Waals surface area (Å²) in [7, 11) is 0. The minimum atomic E-state index is -0.0837. The minimum absolute atomic E-state index is 0.0837. The molecule has 1 heteroatoms. The van der Waals surface area contributed by atoms with Gasteiger partial charge in [-0.25, -0.2) is 0 Å². The second-order valence-electron chi connectivity index (χ2n) is 5.39. The summed E-state index contributed by atoms with van der Waals surface area (Å²) in [5, 5.41) is 0. The largest absolute Gasteiger partial charge is 0.419 e. The molecule has 0 atom stereocenters. The summed E-state index contributed by atoms with van der Waals surface area (Å²) in [4.78, 5) is 0. The van der Waals surface area contributed by atoms with Crippen LogP contribution in [0.25, 0.3) is 0 Å². The molecular weight excluding hydrogens is 355 g/mol. The fourth-order valence-electron chi connectivity index (χ4n) is 2.08. The third-order valence-corrected chi connectivity index (χ3v) is 5.38. The molecule has 0 aliphatic heterocycles. The molecule has 0 aliphatic rings. The molecule has 0 spiro atoms. The number of hydrogen-bond donors (Lipinski definition) is 0. The lowest BCUT2D eigenvalue weighted by molar-refractivity contribution is -0.535. The lowest BCUT2D eigenvalue weighted by atomic mass is 10.1. The molecule has 0 nitrogen and oxygen atoms in total.